The highest BCUT2D eigenvalue weighted by atomic mass is 16.4. The van der Waals surface area contributed by atoms with Gasteiger partial charge in [-0.2, -0.15) is 0 Å². The van der Waals surface area contributed by atoms with E-state index in [9.17, 15) is 9.90 Å². The lowest BCUT2D eigenvalue weighted by Crippen LogP contribution is -2.33. The highest BCUT2D eigenvalue weighted by Gasteiger charge is 2.37. The molecule has 0 atom stereocenters. The van der Waals surface area contributed by atoms with Crippen LogP contribution in [-0.2, 0) is 4.79 Å². The largest absolute Gasteiger partial charge is 0.545 e. The first kappa shape index (κ1) is 13.3. The van der Waals surface area contributed by atoms with Crippen LogP contribution in [0.15, 0.2) is 11.6 Å². The van der Waals surface area contributed by atoms with Crippen molar-refractivity contribution in [3.63, 3.8) is 0 Å². The summed E-state index contributed by atoms with van der Waals surface area (Å²) in [6, 6.07) is 0. The number of carboxylic acid groups (broad SMARTS) is 1. The lowest BCUT2D eigenvalue weighted by molar-refractivity contribution is -0.299. The van der Waals surface area contributed by atoms with E-state index in [0.29, 0.717) is 22.3 Å². The van der Waals surface area contributed by atoms with E-state index in [1.807, 2.05) is 6.08 Å². The number of allylic oxidation sites excluding steroid dienone is 1. The summed E-state index contributed by atoms with van der Waals surface area (Å²) in [5.41, 5.74) is 0.975. The quantitative estimate of drug-likeness (QED) is 0.675. The summed E-state index contributed by atoms with van der Waals surface area (Å²) in [6.45, 7) is 10.7. The van der Waals surface area contributed by atoms with Gasteiger partial charge in [0.25, 0.3) is 0 Å². The molecule has 0 aromatic rings. The van der Waals surface area contributed by atoms with Crippen LogP contribution in [0.5, 0.6) is 0 Å². The van der Waals surface area contributed by atoms with E-state index >= 15 is 0 Å². The second-order valence-electron chi connectivity index (χ2n) is 6.81. The van der Waals surface area contributed by atoms with E-state index < -0.39 is 5.97 Å². The molecule has 0 saturated heterocycles. The van der Waals surface area contributed by atoms with Gasteiger partial charge in [-0.3, -0.25) is 0 Å². The fourth-order valence-electron chi connectivity index (χ4n) is 3.47. The summed E-state index contributed by atoms with van der Waals surface area (Å²) in [5, 5.41) is 10.7. The molecule has 16 heavy (non-hydrogen) atoms. The van der Waals surface area contributed by atoms with E-state index in [1.165, 1.54) is 6.42 Å². The maximum atomic E-state index is 10.7. The van der Waals surface area contributed by atoms with Crippen molar-refractivity contribution >= 4 is 5.97 Å². The predicted octanol–water partition coefficient (Wildman–Crippen LogP) is 2.54. The van der Waals surface area contributed by atoms with Gasteiger partial charge in [0.2, 0.25) is 0 Å². The van der Waals surface area contributed by atoms with Gasteiger partial charge in [-0.25, -0.2) is 0 Å². The van der Waals surface area contributed by atoms with Gasteiger partial charge < -0.3 is 9.90 Å². The lowest BCUT2D eigenvalue weighted by Gasteiger charge is -2.44. The molecule has 0 heterocycles. The van der Waals surface area contributed by atoms with Gasteiger partial charge in [0, 0.05) is 0 Å². The summed E-state index contributed by atoms with van der Waals surface area (Å²) in [6.07, 6.45) is 5.23. The van der Waals surface area contributed by atoms with Crippen LogP contribution in [0, 0.1) is 16.7 Å². The van der Waals surface area contributed by atoms with Crippen molar-refractivity contribution in [2.75, 3.05) is 0 Å². The summed E-state index contributed by atoms with van der Waals surface area (Å²) >= 11 is 0. The van der Waals surface area contributed by atoms with Crippen LogP contribution in [-0.4, -0.2) is 5.97 Å². The summed E-state index contributed by atoms with van der Waals surface area (Å²) in [5.74, 6) is -0.669. The second kappa shape index (κ2) is 4.23. The molecule has 1 saturated carbocycles. The Hall–Kier alpha value is -0.790. The molecule has 0 unspecified atom stereocenters. The molecule has 2 nitrogen and oxygen atoms in total. The van der Waals surface area contributed by atoms with Crippen LogP contribution in [0.2, 0.25) is 0 Å². The van der Waals surface area contributed by atoms with Crippen LogP contribution in [0.3, 0.4) is 0 Å². The normalized spacial score (nSPS) is 25.4. The average Bonchev–Trinajstić information content (AvgIpc) is 1.96. The van der Waals surface area contributed by atoms with Gasteiger partial charge in [0.1, 0.15) is 0 Å². The maximum absolute atomic E-state index is 10.7. The molecule has 1 rings (SSSR count). The van der Waals surface area contributed by atoms with E-state index in [1.54, 1.807) is 6.92 Å². The van der Waals surface area contributed by atoms with Crippen molar-refractivity contribution in [1.29, 1.82) is 0 Å². The molecule has 1 aliphatic carbocycles. The van der Waals surface area contributed by atoms with Crippen LogP contribution in [0.25, 0.3) is 0 Å². The second-order valence-corrected chi connectivity index (χ2v) is 6.81. The van der Waals surface area contributed by atoms with Crippen molar-refractivity contribution in [2.24, 2.45) is 16.7 Å². The van der Waals surface area contributed by atoms with Crippen molar-refractivity contribution in [2.45, 2.75) is 53.9 Å². The molecule has 0 aromatic heterocycles. The maximum Gasteiger partial charge on any atom is 0.0668 e. The highest BCUT2D eigenvalue weighted by Crippen LogP contribution is 2.48. The van der Waals surface area contributed by atoms with Crippen LogP contribution in [0.1, 0.15) is 53.9 Å². The molecule has 0 spiro atoms. The molecule has 0 amide bonds. The van der Waals surface area contributed by atoms with E-state index in [-0.39, 0.29) is 0 Å². The topological polar surface area (TPSA) is 40.1 Å². The van der Waals surface area contributed by atoms with Crippen molar-refractivity contribution in [3.05, 3.63) is 11.6 Å². The van der Waals surface area contributed by atoms with Crippen LogP contribution >= 0.6 is 0 Å². The molecular weight excluding hydrogens is 200 g/mol. The Labute approximate surface area is 98.7 Å². The number of carboxylic acids is 1. The minimum absolute atomic E-state index is 0.301. The molecule has 1 fully saturated rings. The molecule has 2 heteroatoms. The monoisotopic (exact) mass is 223 g/mol. The third-order valence-corrected chi connectivity index (χ3v) is 3.39. The van der Waals surface area contributed by atoms with Crippen LogP contribution < -0.4 is 5.11 Å². The Balaban J connectivity index is 2.83. The zero-order valence-electron chi connectivity index (χ0n) is 11.1. The smallest absolute Gasteiger partial charge is 0.0668 e. The SMILES string of the molecule is C/C(=C\C1CC(C)(C)CC(C)(C)C1)C(=O)[O-]. The van der Waals surface area contributed by atoms with Gasteiger partial charge in [-0.1, -0.05) is 33.8 Å². The predicted molar refractivity (Wildman–Crippen MR) is 63.7 cm³/mol. The first-order valence-electron chi connectivity index (χ1n) is 6.01. The molecular formula is C14H23O2-. The zero-order chi connectivity index (χ0) is 12.6. The Morgan fingerprint density at radius 1 is 1.19 bits per heavy atom. The Morgan fingerprint density at radius 3 is 2.00 bits per heavy atom. The fraction of sp³-hybridized carbons (Fsp3) is 0.786. The van der Waals surface area contributed by atoms with Crippen molar-refractivity contribution < 1.29 is 9.90 Å². The summed E-state index contributed by atoms with van der Waals surface area (Å²) in [4.78, 5) is 10.7. The zero-order valence-corrected chi connectivity index (χ0v) is 11.1. The number of carbonyl (C=O) groups is 1. The third kappa shape index (κ3) is 3.66. The van der Waals surface area contributed by atoms with Crippen molar-refractivity contribution in [3.8, 4) is 0 Å². The molecule has 0 bridgehead atoms. The minimum atomic E-state index is -1.04. The van der Waals surface area contributed by atoms with Crippen molar-refractivity contribution in [1.82, 2.24) is 0 Å². The number of aliphatic carboxylic acids is 1. The first-order chi connectivity index (χ1) is 7.11. The number of rotatable bonds is 2. The Morgan fingerprint density at radius 2 is 1.62 bits per heavy atom. The standard InChI is InChI=1S/C14H24O2/c1-10(12(15)16)6-11-7-13(2,3)9-14(4,5)8-11/h6,11H,7-9H2,1-5H3,(H,15,16)/p-1/b10-6+. The summed E-state index contributed by atoms with van der Waals surface area (Å²) in [7, 11) is 0. The van der Waals surface area contributed by atoms with Gasteiger partial charge >= 0.3 is 0 Å². The van der Waals surface area contributed by atoms with Gasteiger partial charge in [0.05, 0.1) is 5.97 Å². The average molecular weight is 223 g/mol. The number of hydrogen-bond acceptors (Lipinski definition) is 2. The molecule has 0 N–H and O–H groups in total. The molecule has 0 aromatic carbocycles. The van der Waals surface area contributed by atoms with E-state index in [0.717, 1.165) is 12.8 Å². The van der Waals surface area contributed by atoms with E-state index in [2.05, 4.69) is 27.7 Å². The third-order valence-electron chi connectivity index (χ3n) is 3.39. The molecule has 0 aliphatic heterocycles. The van der Waals surface area contributed by atoms with Crippen LogP contribution in [0.4, 0.5) is 0 Å². The Kier molecular flexibility index (Phi) is 3.51. The van der Waals surface area contributed by atoms with E-state index in [4.69, 9.17) is 0 Å². The summed E-state index contributed by atoms with van der Waals surface area (Å²) < 4.78 is 0. The molecule has 1 aliphatic rings. The molecule has 92 valence electrons. The van der Waals surface area contributed by atoms with Gasteiger partial charge in [-0.15, -0.1) is 0 Å². The first-order valence-corrected chi connectivity index (χ1v) is 6.01. The number of hydrogen-bond donors (Lipinski definition) is 0. The number of carbonyl (C=O) groups excluding carboxylic acids is 1. The highest BCUT2D eigenvalue weighted by molar-refractivity contribution is 5.83. The molecule has 0 radical (unpaired) electrons. The Bertz CT molecular complexity index is 295. The van der Waals surface area contributed by atoms with Gasteiger partial charge in [0.15, 0.2) is 0 Å². The lowest BCUT2D eigenvalue weighted by atomic mass is 9.61. The minimum Gasteiger partial charge on any atom is -0.545 e. The van der Waals surface area contributed by atoms with Gasteiger partial charge in [-0.05, 0) is 48.5 Å². The fourth-order valence-corrected chi connectivity index (χ4v) is 3.47.